The van der Waals surface area contributed by atoms with Gasteiger partial charge < -0.3 is 15.0 Å². The van der Waals surface area contributed by atoms with Crippen molar-refractivity contribution in [1.82, 2.24) is 25.2 Å². The maximum absolute atomic E-state index is 11.9. The molecule has 0 atom stereocenters. The zero-order chi connectivity index (χ0) is 28.7. The smallest absolute Gasteiger partial charge is 0.495 e. The van der Waals surface area contributed by atoms with E-state index in [1.807, 2.05) is 61.5 Å². The van der Waals surface area contributed by atoms with Crippen molar-refractivity contribution in [2.75, 3.05) is 51.3 Å². The topological polar surface area (TPSA) is 75.5 Å². The van der Waals surface area contributed by atoms with Gasteiger partial charge in [0.2, 0.25) is 5.91 Å². The van der Waals surface area contributed by atoms with Crippen LogP contribution in [0.25, 0.3) is 0 Å². The van der Waals surface area contributed by atoms with Crippen molar-refractivity contribution < 1.29 is 26.6 Å². The maximum atomic E-state index is 11.9. The van der Waals surface area contributed by atoms with Crippen molar-refractivity contribution in [3.63, 3.8) is 0 Å². The van der Waals surface area contributed by atoms with Gasteiger partial charge in [-0.2, -0.15) is 0 Å². The molecule has 2 saturated carbocycles. The minimum atomic E-state index is 0. The number of amides is 1. The van der Waals surface area contributed by atoms with Gasteiger partial charge in [0, 0.05) is 51.4 Å². The van der Waals surface area contributed by atoms with E-state index in [9.17, 15) is 4.79 Å². The molecule has 1 aromatic carbocycles. The standard InChI is InChI=1S/C21H28N3O2.C12H16N3.Fe/c1-26-20-11-5-4-10-19(20)24-16-14-23(15-17-24)13-7-6-12-22-21(25)18-8-2-3-9-18;1-2-3-6-9-15-10-12(13-14-15)11-7-4-5-8-11;/h2-5,8-11H,6-7,12-17H2,1H3,(H,22,25);4-5,7-8,10H,2-3,6,9H2,1H3;/q;;+2. The fourth-order valence-electron chi connectivity index (χ4n) is 5.00. The van der Waals surface area contributed by atoms with Crippen molar-refractivity contribution in [3.05, 3.63) is 99.4 Å². The molecule has 0 unspecified atom stereocenters. The Morgan fingerprint density at radius 1 is 0.905 bits per heavy atom. The summed E-state index contributed by atoms with van der Waals surface area (Å²) in [5.41, 5.74) is 2.15. The molecule has 1 aromatic heterocycles. The Labute approximate surface area is 264 Å². The first kappa shape index (κ1) is 34.4. The average Bonchev–Trinajstić information content (AvgIpc) is 3.81. The molecule has 1 N–H and O–H groups in total. The third-order valence-electron chi connectivity index (χ3n) is 7.40. The molecular formula is C33H44FeN6O2+2. The van der Waals surface area contributed by atoms with Crippen LogP contribution in [0.4, 0.5) is 5.69 Å². The zero-order valence-electron chi connectivity index (χ0n) is 24.9. The number of methoxy groups -OCH3 is 1. The number of benzene rings is 1. The summed E-state index contributed by atoms with van der Waals surface area (Å²) in [5, 5.41) is 11.2. The van der Waals surface area contributed by atoms with Crippen LogP contribution in [0.2, 0.25) is 0 Å². The Kier molecular flexibility index (Phi) is 15.8. The van der Waals surface area contributed by atoms with E-state index in [0.717, 1.165) is 81.9 Å². The fraction of sp³-hybridized carbons (Fsp3) is 0.424. The van der Waals surface area contributed by atoms with Gasteiger partial charge in [-0.3, -0.25) is 14.4 Å². The summed E-state index contributed by atoms with van der Waals surface area (Å²) in [6, 6.07) is 8.22. The summed E-state index contributed by atoms with van der Waals surface area (Å²) < 4.78 is 7.40. The number of rotatable bonds is 13. The molecule has 10 radical (unpaired) electrons. The van der Waals surface area contributed by atoms with E-state index in [2.05, 4.69) is 57.3 Å². The van der Waals surface area contributed by atoms with Gasteiger partial charge in [-0.1, -0.05) is 37.1 Å². The molecule has 1 aliphatic heterocycles. The van der Waals surface area contributed by atoms with Crippen molar-refractivity contribution in [3.8, 4) is 5.75 Å². The van der Waals surface area contributed by atoms with E-state index < -0.39 is 0 Å². The minimum absolute atomic E-state index is 0. The Morgan fingerprint density at radius 3 is 2.31 bits per heavy atom. The molecule has 5 rings (SSSR count). The molecule has 1 amide bonds. The number of carbonyl (C=O) groups is 1. The number of para-hydroxylation sites is 2. The van der Waals surface area contributed by atoms with Gasteiger partial charge in [0.25, 0.3) is 0 Å². The molecule has 1 saturated heterocycles. The Bertz CT molecular complexity index is 1010. The van der Waals surface area contributed by atoms with Crippen LogP contribution >= 0.6 is 0 Å². The quantitative estimate of drug-likeness (QED) is 0.268. The molecule has 224 valence electrons. The first-order valence-electron chi connectivity index (χ1n) is 14.9. The first-order valence-corrected chi connectivity index (χ1v) is 14.9. The predicted molar refractivity (Wildman–Crippen MR) is 163 cm³/mol. The largest absolute Gasteiger partial charge is 2.00 e. The number of carbonyl (C=O) groups excluding carboxylic acids is 1. The molecule has 42 heavy (non-hydrogen) atoms. The van der Waals surface area contributed by atoms with Gasteiger partial charge in [-0.25, -0.2) is 0 Å². The molecule has 0 spiro atoms. The van der Waals surface area contributed by atoms with Gasteiger partial charge in [0.1, 0.15) is 5.75 Å². The number of unbranched alkanes of at least 4 members (excludes halogenated alkanes) is 3. The summed E-state index contributed by atoms with van der Waals surface area (Å²) in [5.74, 6) is 2.87. The van der Waals surface area contributed by atoms with Gasteiger partial charge in [-0.15, -0.1) is 5.10 Å². The van der Waals surface area contributed by atoms with Crippen molar-refractivity contribution >= 4 is 11.6 Å². The van der Waals surface area contributed by atoms with E-state index in [4.69, 9.17) is 4.74 Å². The predicted octanol–water partition coefficient (Wildman–Crippen LogP) is 4.34. The van der Waals surface area contributed by atoms with Crippen LogP contribution in [0, 0.1) is 63.2 Å². The first-order chi connectivity index (χ1) is 20.2. The van der Waals surface area contributed by atoms with Gasteiger partial charge in [0.15, 0.2) is 0 Å². The number of piperazine rings is 1. The van der Waals surface area contributed by atoms with Gasteiger partial charge in [-0.05, 0) is 89.3 Å². The van der Waals surface area contributed by atoms with E-state index in [1.165, 1.54) is 24.9 Å². The van der Waals surface area contributed by atoms with Crippen LogP contribution in [0.1, 0.15) is 44.7 Å². The number of nitrogens with zero attached hydrogens (tertiary/aromatic N) is 5. The van der Waals surface area contributed by atoms with Crippen LogP contribution < -0.4 is 15.0 Å². The van der Waals surface area contributed by atoms with Crippen LogP contribution in [0.5, 0.6) is 5.75 Å². The number of nitrogens with one attached hydrogen (secondary N) is 1. The van der Waals surface area contributed by atoms with Crippen molar-refractivity contribution in [2.45, 2.75) is 45.6 Å². The average molecular weight is 613 g/mol. The Morgan fingerprint density at radius 2 is 1.60 bits per heavy atom. The number of hydrogen-bond acceptors (Lipinski definition) is 6. The molecule has 2 aromatic rings. The zero-order valence-corrected chi connectivity index (χ0v) is 26.0. The van der Waals surface area contributed by atoms with Gasteiger partial charge >= 0.3 is 17.1 Å². The molecular weight excluding hydrogens is 568 g/mol. The maximum Gasteiger partial charge on any atom is 2.00 e. The summed E-state index contributed by atoms with van der Waals surface area (Å²) in [7, 11) is 1.73. The second-order valence-corrected chi connectivity index (χ2v) is 10.4. The number of aromatic nitrogens is 3. The van der Waals surface area contributed by atoms with Crippen LogP contribution in [-0.2, 0) is 28.4 Å². The molecule has 9 heteroatoms. The van der Waals surface area contributed by atoms with Crippen LogP contribution in [-0.4, -0.2) is 72.2 Å². The SMILES string of the molecule is CCCCCn1cc([C]2[CH][CH][CH][CH]2)nn1.COc1ccccc1N1CCN(CCCCNC(=O)[C]2[CH][CH][CH][CH]2)CC1.[Fe+2]. The summed E-state index contributed by atoms with van der Waals surface area (Å²) in [6.07, 6.45) is 23.4. The van der Waals surface area contributed by atoms with Crippen LogP contribution in [0.3, 0.4) is 0 Å². The van der Waals surface area contributed by atoms with E-state index in [1.54, 1.807) is 7.11 Å². The molecule has 3 fully saturated rings. The Hall–Kier alpha value is -2.09. The third-order valence-corrected chi connectivity index (χ3v) is 7.40. The third kappa shape index (κ3) is 10.9. The second-order valence-electron chi connectivity index (χ2n) is 10.4. The molecule has 2 aliphatic carbocycles. The number of ether oxygens (including phenoxy) is 1. The number of hydrogen-bond donors (Lipinski definition) is 1. The molecule has 8 nitrogen and oxygen atoms in total. The normalized spacial score (nSPS) is 17.9. The van der Waals surface area contributed by atoms with E-state index in [0.29, 0.717) is 0 Å². The monoisotopic (exact) mass is 612 g/mol. The molecule has 2 heterocycles. The van der Waals surface area contributed by atoms with E-state index >= 15 is 0 Å². The molecule has 0 bridgehead atoms. The second kappa shape index (κ2) is 19.2. The summed E-state index contributed by atoms with van der Waals surface area (Å²) in [4.78, 5) is 16.8. The summed E-state index contributed by atoms with van der Waals surface area (Å²) in [6.45, 7) is 9.19. The Balaban J connectivity index is 0.000000258. The number of aryl methyl sites for hydroxylation is 1. The summed E-state index contributed by atoms with van der Waals surface area (Å²) >= 11 is 0. The molecule has 3 aliphatic rings. The van der Waals surface area contributed by atoms with Crippen molar-refractivity contribution in [2.24, 2.45) is 0 Å². The van der Waals surface area contributed by atoms with Crippen LogP contribution in [0.15, 0.2) is 30.5 Å². The minimum Gasteiger partial charge on any atom is -0.495 e. The fourth-order valence-corrected chi connectivity index (χ4v) is 5.00. The van der Waals surface area contributed by atoms with Crippen molar-refractivity contribution in [1.29, 1.82) is 0 Å². The van der Waals surface area contributed by atoms with Gasteiger partial charge in [0.05, 0.1) is 24.4 Å². The number of anilines is 1. The van der Waals surface area contributed by atoms with E-state index in [-0.39, 0.29) is 23.0 Å².